The number of hydrogen-bond acceptors (Lipinski definition) is 5. The van der Waals surface area contributed by atoms with Crippen molar-refractivity contribution in [2.24, 2.45) is 0 Å². The molecule has 0 spiro atoms. The summed E-state index contributed by atoms with van der Waals surface area (Å²) in [6.45, 7) is 1.17. The van der Waals surface area contributed by atoms with E-state index in [9.17, 15) is 9.59 Å². The van der Waals surface area contributed by atoms with Gasteiger partial charge in [-0.15, -0.1) is 0 Å². The van der Waals surface area contributed by atoms with Crippen LogP contribution < -0.4 is 0 Å². The maximum Gasteiger partial charge on any atom is 0.307 e. The van der Waals surface area contributed by atoms with Gasteiger partial charge in [0.05, 0.1) is 26.7 Å². The molecule has 0 saturated carbocycles. The number of carbonyl (C=O) groups excluding carboxylic acids is 2. The van der Waals surface area contributed by atoms with Gasteiger partial charge in [-0.3, -0.25) is 9.59 Å². The molecule has 0 aromatic carbocycles. The number of likely N-dealkylation sites (N-methyl/N-ethyl adjacent to an activating group) is 1. The number of amides is 1. The van der Waals surface area contributed by atoms with Crippen LogP contribution in [0.15, 0.2) is 0 Å². The molecule has 0 unspecified atom stereocenters. The number of rotatable bonds is 8. The Bertz CT molecular complexity index is 219. The highest BCUT2D eigenvalue weighted by molar-refractivity contribution is 5.78. The molecule has 0 radical (unpaired) electrons. The van der Waals surface area contributed by atoms with Gasteiger partial charge in [0, 0.05) is 20.7 Å². The number of hydrogen-bond donors (Lipinski definition) is 0. The van der Waals surface area contributed by atoms with E-state index in [-0.39, 0.29) is 24.9 Å². The lowest BCUT2D eigenvalue weighted by atomic mass is 10.4. The predicted octanol–water partition coefficient (Wildman–Crippen LogP) is -0.329. The van der Waals surface area contributed by atoms with E-state index in [1.54, 1.807) is 14.2 Å². The number of nitrogens with zero attached hydrogens (tertiary/aromatic N) is 1. The topological polar surface area (TPSA) is 65.1 Å². The third-order valence-electron chi connectivity index (χ3n) is 1.96. The molecule has 0 aromatic rings. The summed E-state index contributed by atoms with van der Waals surface area (Å²) in [5.74, 6) is -0.500. The molecule has 0 atom stereocenters. The van der Waals surface area contributed by atoms with E-state index in [2.05, 4.69) is 4.74 Å². The van der Waals surface area contributed by atoms with E-state index in [0.717, 1.165) is 0 Å². The van der Waals surface area contributed by atoms with Crippen molar-refractivity contribution in [1.82, 2.24) is 4.90 Å². The average Bonchev–Trinajstić information content (AvgIpc) is 2.30. The van der Waals surface area contributed by atoms with E-state index in [4.69, 9.17) is 9.47 Å². The molecule has 0 aliphatic carbocycles. The average molecular weight is 233 g/mol. The second kappa shape index (κ2) is 9.11. The van der Waals surface area contributed by atoms with E-state index < -0.39 is 0 Å². The number of ether oxygens (including phenoxy) is 3. The Balaban J connectivity index is 3.61. The van der Waals surface area contributed by atoms with Crippen LogP contribution in [0.5, 0.6) is 0 Å². The molecule has 0 fully saturated rings. The summed E-state index contributed by atoms with van der Waals surface area (Å²) >= 11 is 0. The molecule has 6 heteroatoms. The molecule has 0 aromatic heterocycles. The molecule has 1 amide bonds. The highest BCUT2D eigenvalue weighted by Crippen LogP contribution is 1.92. The molecule has 6 nitrogen and oxygen atoms in total. The highest BCUT2D eigenvalue weighted by atomic mass is 16.5. The molecule has 0 rings (SSSR count). The second-order valence-electron chi connectivity index (χ2n) is 3.19. The molecule has 0 heterocycles. The summed E-state index contributed by atoms with van der Waals surface area (Å²) in [6, 6.07) is 0. The highest BCUT2D eigenvalue weighted by Gasteiger charge is 2.10. The predicted molar refractivity (Wildman–Crippen MR) is 57.0 cm³/mol. The Morgan fingerprint density at radius 2 is 1.88 bits per heavy atom. The normalized spacial score (nSPS) is 9.94. The van der Waals surface area contributed by atoms with Gasteiger partial charge in [-0.25, -0.2) is 0 Å². The fourth-order valence-electron chi connectivity index (χ4n) is 0.898. The first kappa shape index (κ1) is 14.9. The zero-order chi connectivity index (χ0) is 12.4. The van der Waals surface area contributed by atoms with Crippen molar-refractivity contribution in [3.63, 3.8) is 0 Å². The monoisotopic (exact) mass is 233 g/mol. The third-order valence-corrected chi connectivity index (χ3v) is 1.96. The van der Waals surface area contributed by atoms with Crippen LogP contribution >= 0.6 is 0 Å². The van der Waals surface area contributed by atoms with Gasteiger partial charge >= 0.3 is 5.97 Å². The van der Waals surface area contributed by atoms with Crippen molar-refractivity contribution in [1.29, 1.82) is 0 Å². The second-order valence-corrected chi connectivity index (χ2v) is 3.19. The van der Waals surface area contributed by atoms with Crippen LogP contribution in [0.4, 0.5) is 0 Å². The molecule has 16 heavy (non-hydrogen) atoms. The Morgan fingerprint density at radius 1 is 1.19 bits per heavy atom. The van der Waals surface area contributed by atoms with Gasteiger partial charge in [0.25, 0.3) is 0 Å². The van der Waals surface area contributed by atoms with Crippen molar-refractivity contribution >= 4 is 11.9 Å². The van der Waals surface area contributed by atoms with E-state index >= 15 is 0 Å². The van der Waals surface area contributed by atoms with E-state index in [1.807, 2.05) is 0 Å². The molecule has 0 aliphatic rings. The zero-order valence-corrected chi connectivity index (χ0v) is 10.0. The third kappa shape index (κ3) is 7.19. The van der Waals surface area contributed by atoms with Crippen LogP contribution in [0.2, 0.25) is 0 Å². The van der Waals surface area contributed by atoms with E-state index in [0.29, 0.717) is 19.8 Å². The Labute approximate surface area is 95.4 Å². The van der Waals surface area contributed by atoms with Crippen LogP contribution in [0.25, 0.3) is 0 Å². The van der Waals surface area contributed by atoms with Gasteiger partial charge in [0.1, 0.15) is 6.61 Å². The largest absolute Gasteiger partial charge is 0.469 e. The summed E-state index contributed by atoms with van der Waals surface area (Å²) in [6.07, 6.45) is 0.191. The van der Waals surface area contributed by atoms with Crippen molar-refractivity contribution in [3.05, 3.63) is 0 Å². The summed E-state index contributed by atoms with van der Waals surface area (Å²) in [5, 5.41) is 0. The summed E-state index contributed by atoms with van der Waals surface area (Å²) in [7, 11) is 4.50. The zero-order valence-electron chi connectivity index (χ0n) is 10.0. The van der Waals surface area contributed by atoms with Crippen LogP contribution in [0.3, 0.4) is 0 Å². The minimum Gasteiger partial charge on any atom is -0.469 e. The first-order chi connectivity index (χ1) is 7.61. The fraction of sp³-hybridized carbons (Fsp3) is 0.800. The van der Waals surface area contributed by atoms with Gasteiger partial charge in [0.2, 0.25) is 5.91 Å². The molecule has 0 bridgehead atoms. The summed E-state index contributed by atoms with van der Waals surface area (Å²) in [5.41, 5.74) is 0. The van der Waals surface area contributed by atoms with Crippen molar-refractivity contribution < 1.29 is 23.8 Å². The van der Waals surface area contributed by atoms with Crippen LogP contribution in [0.1, 0.15) is 6.42 Å². The van der Waals surface area contributed by atoms with Crippen LogP contribution in [-0.4, -0.2) is 64.4 Å². The standard InChI is InChI=1S/C10H19NO5/c1-11(5-4-10(13)15-3)9(12)8-16-7-6-14-2/h4-8H2,1-3H3. The number of methoxy groups -OCH3 is 2. The van der Waals surface area contributed by atoms with Crippen LogP contribution in [-0.2, 0) is 23.8 Å². The number of esters is 1. The quantitative estimate of drug-likeness (QED) is 0.424. The van der Waals surface area contributed by atoms with Gasteiger partial charge in [0.15, 0.2) is 0 Å². The summed E-state index contributed by atoms with van der Waals surface area (Å²) < 4.78 is 14.3. The lowest BCUT2D eigenvalue weighted by Gasteiger charge is -2.16. The molecule has 94 valence electrons. The lowest BCUT2D eigenvalue weighted by molar-refractivity contribution is -0.142. The maximum atomic E-state index is 11.4. The summed E-state index contributed by atoms with van der Waals surface area (Å²) in [4.78, 5) is 23.7. The SMILES string of the molecule is COCCOCC(=O)N(C)CCC(=O)OC. The van der Waals surface area contributed by atoms with Gasteiger partial charge in [-0.1, -0.05) is 0 Å². The van der Waals surface area contributed by atoms with Crippen molar-refractivity contribution in [2.45, 2.75) is 6.42 Å². The molecular weight excluding hydrogens is 214 g/mol. The molecular formula is C10H19NO5. The molecule has 0 N–H and O–H groups in total. The smallest absolute Gasteiger partial charge is 0.307 e. The first-order valence-electron chi connectivity index (χ1n) is 4.99. The Morgan fingerprint density at radius 3 is 2.44 bits per heavy atom. The Hall–Kier alpha value is -1.14. The van der Waals surface area contributed by atoms with Gasteiger partial charge < -0.3 is 19.1 Å². The van der Waals surface area contributed by atoms with Gasteiger partial charge in [-0.05, 0) is 0 Å². The van der Waals surface area contributed by atoms with Gasteiger partial charge in [-0.2, -0.15) is 0 Å². The maximum absolute atomic E-state index is 11.4. The van der Waals surface area contributed by atoms with Crippen LogP contribution in [0, 0.1) is 0 Å². The molecule has 0 saturated heterocycles. The van der Waals surface area contributed by atoms with E-state index in [1.165, 1.54) is 12.0 Å². The fourth-order valence-corrected chi connectivity index (χ4v) is 0.898. The minimum atomic E-state index is -0.333. The van der Waals surface area contributed by atoms with Crippen molar-refractivity contribution in [3.8, 4) is 0 Å². The Kier molecular flexibility index (Phi) is 8.46. The first-order valence-corrected chi connectivity index (χ1v) is 4.99. The minimum absolute atomic E-state index is 0.00102. The lowest BCUT2D eigenvalue weighted by Crippen LogP contribution is -2.32. The van der Waals surface area contributed by atoms with Crippen molar-refractivity contribution in [2.75, 3.05) is 47.6 Å². The number of carbonyl (C=O) groups is 2. The molecule has 0 aliphatic heterocycles.